The van der Waals surface area contributed by atoms with E-state index in [1.54, 1.807) is 0 Å². The highest BCUT2D eigenvalue weighted by atomic mass is 16.4. The van der Waals surface area contributed by atoms with Gasteiger partial charge in [-0.2, -0.15) is 0 Å². The molecule has 18 heavy (non-hydrogen) atoms. The van der Waals surface area contributed by atoms with E-state index in [0.29, 0.717) is 25.3 Å². The zero-order valence-corrected chi connectivity index (χ0v) is 11.6. The smallest absolute Gasteiger partial charge is 0.308 e. The zero-order chi connectivity index (χ0) is 14.1. The molecule has 0 aliphatic carbocycles. The summed E-state index contributed by atoms with van der Waals surface area (Å²) in [5, 5.41) is 11.7. The highest BCUT2D eigenvalue weighted by Gasteiger charge is 2.20. The van der Waals surface area contributed by atoms with Gasteiger partial charge in [-0.3, -0.25) is 9.59 Å². The lowest BCUT2D eigenvalue weighted by Gasteiger charge is -2.17. The average Bonchev–Trinajstić information content (AvgIpc) is 2.30. The number of carboxylic acids is 1. The van der Waals surface area contributed by atoms with Gasteiger partial charge in [-0.05, 0) is 24.8 Å². The van der Waals surface area contributed by atoms with Crippen LogP contribution in [-0.4, -0.2) is 30.1 Å². The number of carboxylic acid groups (broad SMARTS) is 1. The van der Waals surface area contributed by atoms with Crippen molar-refractivity contribution in [3.8, 4) is 0 Å². The monoisotopic (exact) mass is 258 g/mol. The van der Waals surface area contributed by atoms with Crippen molar-refractivity contribution < 1.29 is 14.7 Å². The Labute approximate surface area is 109 Å². The highest BCUT2D eigenvalue weighted by Crippen LogP contribution is 2.11. The maximum absolute atomic E-state index is 11.6. The minimum absolute atomic E-state index is 0.109. The minimum Gasteiger partial charge on any atom is -0.481 e. The van der Waals surface area contributed by atoms with Crippen LogP contribution in [0.3, 0.4) is 0 Å². The van der Waals surface area contributed by atoms with Gasteiger partial charge in [0.05, 0.1) is 5.92 Å². The number of nitrogens with two attached hydrogens (primary N) is 1. The first-order valence-electron chi connectivity index (χ1n) is 6.60. The van der Waals surface area contributed by atoms with Gasteiger partial charge >= 0.3 is 5.97 Å². The number of rotatable bonds is 9. The predicted molar refractivity (Wildman–Crippen MR) is 71.0 cm³/mol. The van der Waals surface area contributed by atoms with Crippen molar-refractivity contribution in [2.24, 2.45) is 23.5 Å². The van der Waals surface area contributed by atoms with Crippen LogP contribution in [0.5, 0.6) is 0 Å². The quantitative estimate of drug-likeness (QED) is 0.580. The summed E-state index contributed by atoms with van der Waals surface area (Å²) < 4.78 is 0. The number of hydrogen-bond acceptors (Lipinski definition) is 3. The molecular formula is C13H26N2O3. The van der Waals surface area contributed by atoms with E-state index in [0.717, 1.165) is 6.42 Å². The SMILES string of the molecule is CCC(CN)CC(=O)NCC(CC(C)C)C(=O)O. The van der Waals surface area contributed by atoms with Gasteiger partial charge in [-0.25, -0.2) is 0 Å². The number of hydrogen-bond donors (Lipinski definition) is 3. The van der Waals surface area contributed by atoms with Crippen molar-refractivity contribution in [3.05, 3.63) is 0 Å². The van der Waals surface area contributed by atoms with E-state index < -0.39 is 11.9 Å². The number of carbonyl (C=O) groups is 2. The third-order valence-electron chi connectivity index (χ3n) is 3.04. The Bertz CT molecular complexity index is 263. The Kier molecular flexibility index (Phi) is 8.37. The summed E-state index contributed by atoms with van der Waals surface area (Å²) in [6.45, 7) is 6.62. The lowest BCUT2D eigenvalue weighted by molar-refractivity contribution is -0.142. The van der Waals surface area contributed by atoms with E-state index >= 15 is 0 Å². The zero-order valence-electron chi connectivity index (χ0n) is 11.6. The molecule has 0 aliphatic heterocycles. The Morgan fingerprint density at radius 3 is 2.33 bits per heavy atom. The lowest BCUT2D eigenvalue weighted by Crippen LogP contribution is -2.35. The van der Waals surface area contributed by atoms with E-state index in [1.165, 1.54) is 0 Å². The number of carbonyl (C=O) groups excluding carboxylic acids is 1. The molecule has 5 nitrogen and oxygen atoms in total. The molecule has 0 bridgehead atoms. The Morgan fingerprint density at radius 2 is 1.94 bits per heavy atom. The largest absolute Gasteiger partial charge is 0.481 e. The van der Waals surface area contributed by atoms with Crippen molar-refractivity contribution in [2.45, 2.75) is 40.0 Å². The molecule has 4 N–H and O–H groups in total. The second-order valence-electron chi connectivity index (χ2n) is 5.18. The molecule has 0 aromatic carbocycles. The molecule has 0 aromatic heterocycles. The molecule has 2 unspecified atom stereocenters. The summed E-state index contributed by atoms with van der Waals surface area (Å²) >= 11 is 0. The van der Waals surface area contributed by atoms with Gasteiger partial charge in [-0.15, -0.1) is 0 Å². The van der Waals surface area contributed by atoms with Crippen LogP contribution in [0.15, 0.2) is 0 Å². The number of amides is 1. The standard InChI is InChI=1S/C13H26N2O3/c1-4-10(7-14)6-12(16)15-8-11(13(17)18)5-9(2)3/h9-11H,4-8,14H2,1-3H3,(H,15,16)(H,17,18). The molecule has 0 fully saturated rings. The van der Waals surface area contributed by atoms with Crippen molar-refractivity contribution >= 4 is 11.9 Å². The van der Waals surface area contributed by atoms with Crippen LogP contribution < -0.4 is 11.1 Å². The first-order chi connectivity index (χ1) is 8.40. The molecule has 1 amide bonds. The lowest BCUT2D eigenvalue weighted by atomic mass is 9.97. The van der Waals surface area contributed by atoms with E-state index in [1.807, 2.05) is 20.8 Å². The second kappa shape index (κ2) is 8.91. The van der Waals surface area contributed by atoms with E-state index in [-0.39, 0.29) is 18.4 Å². The van der Waals surface area contributed by atoms with Crippen molar-refractivity contribution in [1.29, 1.82) is 0 Å². The maximum atomic E-state index is 11.6. The van der Waals surface area contributed by atoms with Crippen molar-refractivity contribution in [3.63, 3.8) is 0 Å². The van der Waals surface area contributed by atoms with Gasteiger partial charge in [0.15, 0.2) is 0 Å². The second-order valence-corrected chi connectivity index (χ2v) is 5.18. The van der Waals surface area contributed by atoms with Gasteiger partial charge in [-0.1, -0.05) is 27.2 Å². The third kappa shape index (κ3) is 7.27. The van der Waals surface area contributed by atoms with Crippen LogP contribution in [0.1, 0.15) is 40.0 Å². The Balaban J connectivity index is 4.10. The summed E-state index contributed by atoms with van der Waals surface area (Å²) in [5.41, 5.74) is 5.53. The minimum atomic E-state index is -0.852. The fourth-order valence-corrected chi connectivity index (χ4v) is 1.81. The third-order valence-corrected chi connectivity index (χ3v) is 3.04. The predicted octanol–water partition coefficient (Wildman–Crippen LogP) is 1.22. The van der Waals surface area contributed by atoms with Gasteiger partial charge in [0, 0.05) is 13.0 Å². The van der Waals surface area contributed by atoms with Crippen molar-refractivity contribution in [2.75, 3.05) is 13.1 Å². The molecule has 5 heteroatoms. The maximum Gasteiger partial charge on any atom is 0.308 e. The fraction of sp³-hybridized carbons (Fsp3) is 0.846. The Morgan fingerprint density at radius 1 is 1.33 bits per heavy atom. The van der Waals surface area contributed by atoms with Crippen LogP contribution in [0, 0.1) is 17.8 Å². The topological polar surface area (TPSA) is 92.4 Å². The molecule has 0 rings (SSSR count). The first kappa shape index (κ1) is 16.9. The van der Waals surface area contributed by atoms with Gasteiger partial charge in [0.2, 0.25) is 5.91 Å². The molecule has 0 aromatic rings. The average molecular weight is 258 g/mol. The van der Waals surface area contributed by atoms with Crippen LogP contribution in [0.4, 0.5) is 0 Å². The van der Waals surface area contributed by atoms with E-state index in [4.69, 9.17) is 10.8 Å². The summed E-state index contributed by atoms with van der Waals surface area (Å²) in [6, 6.07) is 0. The van der Waals surface area contributed by atoms with Crippen LogP contribution in [0.2, 0.25) is 0 Å². The highest BCUT2D eigenvalue weighted by molar-refractivity contribution is 5.77. The molecule has 0 saturated carbocycles. The molecule has 0 saturated heterocycles. The summed E-state index contributed by atoms with van der Waals surface area (Å²) in [4.78, 5) is 22.6. The summed E-state index contributed by atoms with van der Waals surface area (Å²) in [5.74, 6) is -0.988. The molecule has 0 spiro atoms. The van der Waals surface area contributed by atoms with E-state index in [9.17, 15) is 9.59 Å². The summed E-state index contributed by atoms with van der Waals surface area (Å²) in [6.07, 6.45) is 1.81. The molecular weight excluding hydrogens is 232 g/mol. The molecule has 2 atom stereocenters. The molecule has 106 valence electrons. The van der Waals surface area contributed by atoms with E-state index in [2.05, 4.69) is 5.32 Å². The molecule has 0 heterocycles. The number of nitrogens with one attached hydrogen (secondary N) is 1. The van der Waals surface area contributed by atoms with Gasteiger partial charge < -0.3 is 16.2 Å². The number of aliphatic carboxylic acids is 1. The van der Waals surface area contributed by atoms with Crippen LogP contribution >= 0.6 is 0 Å². The Hall–Kier alpha value is -1.10. The van der Waals surface area contributed by atoms with Crippen LogP contribution in [-0.2, 0) is 9.59 Å². The van der Waals surface area contributed by atoms with Crippen LogP contribution in [0.25, 0.3) is 0 Å². The van der Waals surface area contributed by atoms with Gasteiger partial charge in [0.1, 0.15) is 0 Å². The van der Waals surface area contributed by atoms with Gasteiger partial charge in [0.25, 0.3) is 0 Å². The molecule has 0 aliphatic rings. The fourth-order valence-electron chi connectivity index (χ4n) is 1.81. The first-order valence-corrected chi connectivity index (χ1v) is 6.60. The normalized spacial score (nSPS) is 14.3. The summed E-state index contributed by atoms with van der Waals surface area (Å²) in [7, 11) is 0. The van der Waals surface area contributed by atoms with Crippen molar-refractivity contribution in [1.82, 2.24) is 5.32 Å². The molecule has 0 radical (unpaired) electrons.